The Bertz CT molecular complexity index is 281. The fourth-order valence-electron chi connectivity index (χ4n) is 1.23. The molecule has 66 valence electrons. The van der Waals surface area contributed by atoms with Gasteiger partial charge in [0.05, 0.1) is 0 Å². The highest BCUT2D eigenvalue weighted by Gasteiger charge is 2.04. The maximum atomic E-state index is 6.14. The minimum atomic E-state index is 0.840. The van der Waals surface area contributed by atoms with Crippen LogP contribution in [0, 0.1) is 13.8 Å². The molecule has 0 radical (unpaired) electrons. The van der Waals surface area contributed by atoms with Crippen LogP contribution in [-0.2, 0) is 6.54 Å². The number of rotatable bonds is 2. The summed E-state index contributed by atoms with van der Waals surface area (Å²) in [6, 6.07) is 4.16. The van der Waals surface area contributed by atoms with E-state index in [2.05, 4.69) is 24.4 Å². The van der Waals surface area contributed by atoms with E-state index in [0.717, 1.165) is 17.1 Å². The second-order valence-corrected chi connectivity index (χ2v) is 3.40. The van der Waals surface area contributed by atoms with E-state index in [9.17, 15) is 0 Å². The molecular formula is C10H14ClN. The molecule has 0 saturated heterocycles. The molecule has 0 aromatic heterocycles. The topological polar surface area (TPSA) is 12.0 Å². The number of benzene rings is 1. The number of aryl methyl sites for hydroxylation is 2. The first-order valence-electron chi connectivity index (χ1n) is 4.06. The number of nitrogens with one attached hydrogen (secondary N) is 1. The van der Waals surface area contributed by atoms with E-state index in [0.29, 0.717) is 0 Å². The minimum Gasteiger partial charge on any atom is -0.316 e. The Labute approximate surface area is 78.7 Å². The second kappa shape index (κ2) is 3.92. The van der Waals surface area contributed by atoms with Crippen molar-refractivity contribution in [3.05, 3.63) is 33.8 Å². The molecule has 0 heterocycles. The third-order valence-corrected chi connectivity index (χ3v) is 2.55. The predicted molar refractivity (Wildman–Crippen MR) is 53.7 cm³/mol. The molecule has 1 N–H and O–H groups in total. The first-order chi connectivity index (χ1) is 5.66. The molecular weight excluding hydrogens is 170 g/mol. The third-order valence-electron chi connectivity index (χ3n) is 2.02. The van der Waals surface area contributed by atoms with Crippen LogP contribution in [-0.4, -0.2) is 7.05 Å². The lowest BCUT2D eigenvalue weighted by Gasteiger charge is -2.09. The quantitative estimate of drug-likeness (QED) is 0.744. The van der Waals surface area contributed by atoms with Gasteiger partial charge >= 0.3 is 0 Å². The van der Waals surface area contributed by atoms with Gasteiger partial charge in [-0.2, -0.15) is 0 Å². The third kappa shape index (κ3) is 1.79. The molecule has 1 aromatic rings. The molecule has 0 bridgehead atoms. The molecule has 0 saturated carbocycles. The Morgan fingerprint density at radius 1 is 1.25 bits per heavy atom. The van der Waals surface area contributed by atoms with E-state index in [-0.39, 0.29) is 0 Å². The summed E-state index contributed by atoms with van der Waals surface area (Å²) < 4.78 is 0. The van der Waals surface area contributed by atoms with E-state index < -0.39 is 0 Å². The molecule has 0 aliphatic rings. The number of halogens is 1. The maximum absolute atomic E-state index is 6.14. The number of hydrogen-bond acceptors (Lipinski definition) is 1. The molecule has 1 aromatic carbocycles. The molecule has 0 aliphatic heterocycles. The Balaban J connectivity index is 3.14. The summed E-state index contributed by atoms with van der Waals surface area (Å²) in [6.45, 7) is 4.95. The van der Waals surface area contributed by atoms with Crippen LogP contribution in [0.3, 0.4) is 0 Å². The number of hydrogen-bond donors (Lipinski definition) is 1. The van der Waals surface area contributed by atoms with Gasteiger partial charge in [0, 0.05) is 11.6 Å². The van der Waals surface area contributed by atoms with Gasteiger partial charge < -0.3 is 5.32 Å². The maximum Gasteiger partial charge on any atom is 0.0482 e. The fourth-order valence-corrected chi connectivity index (χ4v) is 1.51. The van der Waals surface area contributed by atoms with Crippen molar-refractivity contribution in [2.75, 3.05) is 7.05 Å². The van der Waals surface area contributed by atoms with Crippen molar-refractivity contribution in [3.8, 4) is 0 Å². The van der Waals surface area contributed by atoms with Crippen LogP contribution in [0.25, 0.3) is 0 Å². The lowest BCUT2D eigenvalue weighted by molar-refractivity contribution is 0.811. The van der Waals surface area contributed by atoms with Gasteiger partial charge in [0.1, 0.15) is 0 Å². The highest BCUT2D eigenvalue weighted by molar-refractivity contribution is 6.32. The van der Waals surface area contributed by atoms with E-state index >= 15 is 0 Å². The van der Waals surface area contributed by atoms with E-state index in [1.54, 1.807) is 0 Å². The Kier molecular flexibility index (Phi) is 3.12. The van der Waals surface area contributed by atoms with Crippen molar-refractivity contribution in [1.82, 2.24) is 5.32 Å². The molecule has 0 atom stereocenters. The van der Waals surface area contributed by atoms with Gasteiger partial charge in [-0.3, -0.25) is 0 Å². The Hall–Kier alpha value is -0.530. The summed E-state index contributed by atoms with van der Waals surface area (Å²) in [7, 11) is 1.93. The zero-order valence-corrected chi connectivity index (χ0v) is 8.50. The van der Waals surface area contributed by atoms with E-state index in [4.69, 9.17) is 11.6 Å². The average Bonchev–Trinajstić information content (AvgIpc) is 2.06. The van der Waals surface area contributed by atoms with Gasteiger partial charge in [-0.25, -0.2) is 0 Å². The van der Waals surface area contributed by atoms with Gasteiger partial charge in [0.15, 0.2) is 0 Å². The first-order valence-corrected chi connectivity index (χ1v) is 4.43. The van der Waals surface area contributed by atoms with Crippen LogP contribution >= 0.6 is 11.6 Å². The van der Waals surface area contributed by atoms with Crippen LogP contribution in [0.2, 0.25) is 5.02 Å². The first kappa shape index (κ1) is 9.56. The molecule has 0 spiro atoms. The van der Waals surface area contributed by atoms with Crippen LogP contribution in [0.1, 0.15) is 16.7 Å². The average molecular weight is 184 g/mol. The van der Waals surface area contributed by atoms with E-state index in [1.807, 2.05) is 14.0 Å². The molecule has 1 nitrogen and oxygen atoms in total. The molecule has 0 aliphatic carbocycles. The summed E-state index contributed by atoms with van der Waals surface area (Å²) in [4.78, 5) is 0. The van der Waals surface area contributed by atoms with Gasteiger partial charge in [-0.1, -0.05) is 23.7 Å². The summed E-state index contributed by atoms with van der Waals surface area (Å²) in [5.41, 5.74) is 3.60. The minimum absolute atomic E-state index is 0.840. The van der Waals surface area contributed by atoms with Crippen LogP contribution < -0.4 is 5.32 Å². The van der Waals surface area contributed by atoms with Crippen molar-refractivity contribution in [3.63, 3.8) is 0 Å². The summed E-state index contributed by atoms with van der Waals surface area (Å²) >= 11 is 6.14. The monoisotopic (exact) mass is 183 g/mol. The highest BCUT2D eigenvalue weighted by atomic mass is 35.5. The van der Waals surface area contributed by atoms with Crippen molar-refractivity contribution in [2.45, 2.75) is 20.4 Å². The molecule has 0 amide bonds. The Morgan fingerprint density at radius 2 is 1.83 bits per heavy atom. The summed E-state index contributed by atoms with van der Waals surface area (Å²) in [5.74, 6) is 0. The van der Waals surface area contributed by atoms with Gasteiger partial charge in [0.2, 0.25) is 0 Å². The molecule has 2 heteroatoms. The smallest absolute Gasteiger partial charge is 0.0482 e. The van der Waals surface area contributed by atoms with Gasteiger partial charge in [-0.05, 0) is 37.6 Å². The van der Waals surface area contributed by atoms with Crippen molar-refractivity contribution >= 4 is 11.6 Å². The lowest BCUT2D eigenvalue weighted by Crippen LogP contribution is -2.07. The molecule has 0 fully saturated rings. The van der Waals surface area contributed by atoms with Crippen molar-refractivity contribution < 1.29 is 0 Å². The fraction of sp³-hybridized carbons (Fsp3) is 0.400. The molecule has 12 heavy (non-hydrogen) atoms. The van der Waals surface area contributed by atoms with Crippen molar-refractivity contribution in [2.24, 2.45) is 0 Å². The second-order valence-electron chi connectivity index (χ2n) is 3.02. The summed E-state index contributed by atoms with van der Waals surface area (Å²) in [5, 5.41) is 4.00. The normalized spacial score (nSPS) is 10.3. The van der Waals surface area contributed by atoms with Crippen LogP contribution in [0.15, 0.2) is 12.1 Å². The Morgan fingerprint density at radius 3 is 2.42 bits per heavy atom. The largest absolute Gasteiger partial charge is 0.316 e. The zero-order chi connectivity index (χ0) is 9.14. The standard InChI is InChI=1S/C10H14ClN/c1-7-4-5-8(2)10(11)9(7)6-12-3/h4-5,12H,6H2,1-3H3. The van der Waals surface area contributed by atoms with Gasteiger partial charge in [-0.15, -0.1) is 0 Å². The SMILES string of the molecule is CNCc1c(C)ccc(C)c1Cl. The lowest BCUT2D eigenvalue weighted by atomic mass is 10.1. The predicted octanol–water partition coefficient (Wildman–Crippen LogP) is 2.68. The van der Waals surface area contributed by atoms with Gasteiger partial charge in [0.25, 0.3) is 0 Å². The zero-order valence-electron chi connectivity index (χ0n) is 7.74. The summed E-state index contributed by atoms with van der Waals surface area (Å²) in [6.07, 6.45) is 0. The van der Waals surface area contributed by atoms with E-state index in [1.165, 1.54) is 11.1 Å². The van der Waals surface area contributed by atoms with Crippen LogP contribution in [0.5, 0.6) is 0 Å². The molecule has 1 rings (SSSR count). The molecule has 0 unspecified atom stereocenters. The highest BCUT2D eigenvalue weighted by Crippen LogP contribution is 2.23. The van der Waals surface area contributed by atoms with Crippen LogP contribution in [0.4, 0.5) is 0 Å². The van der Waals surface area contributed by atoms with Crippen molar-refractivity contribution in [1.29, 1.82) is 0 Å².